The minimum absolute atomic E-state index is 0.242. The van der Waals surface area contributed by atoms with E-state index in [1.54, 1.807) is 0 Å². The second kappa shape index (κ2) is 5.95. The molecule has 0 spiro atoms. The summed E-state index contributed by atoms with van der Waals surface area (Å²) in [5.74, 6) is -0.617. The SMILES string of the molecule is CCc1ccsc1C(=O)NC1(C(=O)O)CCC(C)CC1. The maximum Gasteiger partial charge on any atom is 0.329 e. The van der Waals surface area contributed by atoms with Crippen molar-refractivity contribution in [3.63, 3.8) is 0 Å². The molecule has 110 valence electrons. The normalized spacial score (nSPS) is 26.2. The molecule has 0 saturated heterocycles. The standard InChI is InChI=1S/C15H21NO3S/c1-3-11-6-9-20-12(11)13(17)16-15(14(18)19)7-4-10(2)5-8-15/h6,9-10H,3-5,7-8H2,1-2H3,(H,16,17)(H,18,19). The van der Waals surface area contributed by atoms with Gasteiger partial charge in [0.2, 0.25) is 0 Å². The first-order valence-corrected chi connectivity index (χ1v) is 7.98. The van der Waals surface area contributed by atoms with Gasteiger partial charge in [-0.15, -0.1) is 11.3 Å². The van der Waals surface area contributed by atoms with Crippen LogP contribution in [0, 0.1) is 5.92 Å². The molecule has 2 rings (SSSR count). The highest BCUT2D eigenvalue weighted by Crippen LogP contribution is 2.33. The molecular formula is C15H21NO3S. The Hall–Kier alpha value is -1.36. The van der Waals surface area contributed by atoms with Crippen molar-refractivity contribution in [2.75, 3.05) is 0 Å². The molecule has 20 heavy (non-hydrogen) atoms. The van der Waals surface area contributed by atoms with Crippen LogP contribution in [0.4, 0.5) is 0 Å². The second-order valence-corrected chi connectivity index (χ2v) is 6.57. The zero-order valence-electron chi connectivity index (χ0n) is 11.9. The van der Waals surface area contributed by atoms with Crippen molar-refractivity contribution < 1.29 is 14.7 Å². The van der Waals surface area contributed by atoms with E-state index in [4.69, 9.17) is 0 Å². The molecule has 0 aliphatic heterocycles. The molecule has 0 unspecified atom stereocenters. The van der Waals surface area contributed by atoms with E-state index >= 15 is 0 Å². The Morgan fingerprint density at radius 2 is 2.10 bits per heavy atom. The topological polar surface area (TPSA) is 66.4 Å². The lowest BCUT2D eigenvalue weighted by Crippen LogP contribution is -2.56. The van der Waals surface area contributed by atoms with E-state index in [9.17, 15) is 14.7 Å². The van der Waals surface area contributed by atoms with Gasteiger partial charge in [0.15, 0.2) is 0 Å². The van der Waals surface area contributed by atoms with Gasteiger partial charge in [0, 0.05) is 0 Å². The quantitative estimate of drug-likeness (QED) is 0.897. The lowest BCUT2D eigenvalue weighted by Gasteiger charge is -2.36. The van der Waals surface area contributed by atoms with Gasteiger partial charge in [0.25, 0.3) is 5.91 Å². The third kappa shape index (κ3) is 2.87. The molecule has 0 radical (unpaired) electrons. The van der Waals surface area contributed by atoms with E-state index in [-0.39, 0.29) is 5.91 Å². The van der Waals surface area contributed by atoms with Crippen LogP contribution in [0.5, 0.6) is 0 Å². The fraction of sp³-hybridized carbons (Fsp3) is 0.600. The number of carboxylic acids is 1. The Morgan fingerprint density at radius 1 is 1.45 bits per heavy atom. The molecule has 1 amide bonds. The van der Waals surface area contributed by atoms with Gasteiger partial charge in [-0.25, -0.2) is 4.79 Å². The molecule has 0 bridgehead atoms. The number of aliphatic carboxylic acids is 1. The summed E-state index contributed by atoms with van der Waals surface area (Å²) in [7, 11) is 0. The first kappa shape index (κ1) is 15.0. The van der Waals surface area contributed by atoms with Crippen molar-refractivity contribution in [1.82, 2.24) is 5.32 Å². The van der Waals surface area contributed by atoms with E-state index in [2.05, 4.69) is 12.2 Å². The highest BCUT2D eigenvalue weighted by Gasteiger charge is 2.42. The number of rotatable bonds is 4. The van der Waals surface area contributed by atoms with Crippen molar-refractivity contribution in [2.24, 2.45) is 5.92 Å². The molecule has 1 fully saturated rings. The van der Waals surface area contributed by atoms with Crippen molar-refractivity contribution >= 4 is 23.2 Å². The number of hydrogen-bond acceptors (Lipinski definition) is 3. The molecule has 1 heterocycles. The van der Waals surface area contributed by atoms with Gasteiger partial charge >= 0.3 is 5.97 Å². The summed E-state index contributed by atoms with van der Waals surface area (Å²) in [4.78, 5) is 24.7. The Bertz CT molecular complexity index is 501. The number of nitrogens with one attached hydrogen (secondary N) is 1. The van der Waals surface area contributed by atoms with Gasteiger partial charge in [-0.2, -0.15) is 0 Å². The van der Waals surface area contributed by atoms with E-state index < -0.39 is 11.5 Å². The number of carboxylic acid groups (broad SMARTS) is 1. The van der Waals surface area contributed by atoms with E-state index in [0.717, 1.165) is 24.8 Å². The number of carbonyl (C=O) groups excluding carboxylic acids is 1. The first-order chi connectivity index (χ1) is 9.48. The van der Waals surface area contributed by atoms with Gasteiger partial charge in [0.1, 0.15) is 5.54 Å². The predicted octanol–water partition coefficient (Wildman–Crippen LogP) is 3.07. The maximum absolute atomic E-state index is 12.4. The van der Waals surface area contributed by atoms with Crippen molar-refractivity contribution in [3.05, 3.63) is 21.9 Å². The minimum Gasteiger partial charge on any atom is -0.480 e. The molecule has 1 aromatic rings. The minimum atomic E-state index is -1.08. The summed E-state index contributed by atoms with van der Waals surface area (Å²) in [5.41, 5.74) is -0.101. The molecule has 4 nitrogen and oxygen atoms in total. The largest absolute Gasteiger partial charge is 0.480 e. The number of aryl methyl sites for hydroxylation is 1. The lowest BCUT2D eigenvalue weighted by atomic mass is 9.77. The van der Waals surface area contributed by atoms with Crippen LogP contribution in [0.15, 0.2) is 11.4 Å². The van der Waals surface area contributed by atoms with Gasteiger partial charge in [0.05, 0.1) is 4.88 Å². The Labute approximate surface area is 123 Å². The third-order valence-electron chi connectivity index (χ3n) is 4.22. The average Bonchev–Trinajstić information content (AvgIpc) is 2.89. The molecule has 2 N–H and O–H groups in total. The lowest BCUT2D eigenvalue weighted by molar-refractivity contribution is -0.146. The van der Waals surface area contributed by atoms with Gasteiger partial charge in [-0.3, -0.25) is 4.79 Å². The Kier molecular flexibility index (Phi) is 4.48. The monoisotopic (exact) mass is 295 g/mol. The highest BCUT2D eigenvalue weighted by molar-refractivity contribution is 7.12. The summed E-state index contributed by atoms with van der Waals surface area (Å²) in [6.45, 7) is 4.12. The Morgan fingerprint density at radius 3 is 2.65 bits per heavy atom. The molecule has 1 aliphatic carbocycles. The second-order valence-electron chi connectivity index (χ2n) is 5.65. The van der Waals surface area contributed by atoms with Gasteiger partial charge in [-0.1, -0.05) is 13.8 Å². The molecule has 1 aliphatic rings. The fourth-order valence-electron chi connectivity index (χ4n) is 2.73. The van der Waals surface area contributed by atoms with Gasteiger partial charge < -0.3 is 10.4 Å². The van der Waals surface area contributed by atoms with Crippen LogP contribution in [0.3, 0.4) is 0 Å². The molecular weight excluding hydrogens is 274 g/mol. The average molecular weight is 295 g/mol. The third-order valence-corrected chi connectivity index (χ3v) is 5.18. The van der Waals surface area contributed by atoms with E-state index in [1.165, 1.54) is 11.3 Å². The maximum atomic E-state index is 12.4. The number of carbonyl (C=O) groups is 2. The molecule has 1 aromatic heterocycles. The summed E-state index contributed by atoms with van der Waals surface area (Å²) < 4.78 is 0. The van der Waals surface area contributed by atoms with Crippen LogP contribution in [-0.2, 0) is 11.2 Å². The fourth-order valence-corrected chi connectivity index (χ4v) is 3.62. The van der Waals surface area contributed by atoms with Gasteiger partial charge in [-0.05, 0) is 55.0 Å². The van der Waals surface area contributed by atoms with Crippen LogP contribution in [-0.4, -0.2) is 22.5 Å². The van der Waals surface area contributed by atoms with E-state index in [1.807, 2.05) is 18.4 Å². The van der Waals surface area contributed by atoms with Crippen LogP contribution in [0.1, 0.15) is 54.8 Å². The Balaban J connectivity index is 2.17. The first-order valence-electron chi connectivity index (χ1n) is 7.11. The van der Waals surface area contributed by atoms with Crippen LogP contribution >= 0.6 is 11.3 Å². The summed E-state index contributed by atoms with van der Waals surface area (Å²) in [6.07, 6.45) is 3.50. The molecule has 0 aromatic carbocycles. The van der Waals surface area contributed by atoms with Crippen LogP contribution in [0.25, 0.3) is 0 Å². The molecule has 1 saturated carbocycles. The summed E-state index contributed by atoms with van der Waals surface area (Å²) >= 11 is 1.38. The van der Waals surface area contributed by atoms with E-state index in [0.29, 0.717) is 23.6 Å². The molecule has 0 atom stereocenters. The zero-order chi connectivity index (χ0) is 14.8. The number of amides is 1. The predicted molar refractivity (Wildman–Crippen MR) is 79.2 cm³/mol. The van der Waals surface area contributed by atoms with Crippen molar-refractivity contribution in [3.8, 4) is 0 Å². The van der Waals surface area contributed by atoms with Crippen LogP contribution < -0.4 is 5.32 Å². The van der Waals surface area contributed by atoms with Crippen LogP contribution in [0.2, 0.25) is 0 Å². The summed E-state index contributed by atoms with van der Waals surface area (Å²) in [6, 6.07) is 1.93. The summed E-state index contributed by atoms with van der Waals surface area (Å²) in [5, 5.41) is 14.2. The van der Waals surface area contributed by atoms with Crippen molar-refractivity contribution in [1.29, 1.82) is 0 Å². The van der Waals surface area contributed by atoms with Crippen molar-refractivity contribution in [2.45, 2.75) is 51.5 Å². The number of hydrogen-bond donors (Lipinski definition) is 2. The number of thiophene rings is 1. The zero-order valence-corrected chi connectivity index (χ0v) is 12.8. The molecule has 5 heteroatoms. The highest BCUT2D eigenvalue weighted by atomic mass is 32.1. The smallest absolute Gasteiger partial charge is 0.329 e.